The van der Waals surface area contributed by atoms with Crippen LogP contribution in [0.2, 0.25) is 0 Å². The minimum atomic E-state index is -0.590. The summed E-state index contributed by atoms with van der Waals surface area (Å²) < 4.78 is 2.35. The van der Waals surface area contributed by atoms with Gasteiger partial charge in [0.15, 0.2) is 0 Å². The van der Waals surface area contributed by atoms with E-state index in [2.05, 4.69) is 52.2 Å². The number of benzene rings is 1. The Morgan fingerprint density at radius 3 is 2.73 bits per heavy atom. The average molecular weight is 425 g/mol. The smallest absolute Gasteiger partial charge is 0.243 e. The van der Waals surface area contributed by atoms with Gasteiger partial charge in [0.05, 0.1) is 11.2 Å². The summed E-state index contributed by atoms with van der Waals surface area (Å²) in [6, 6.07) is 7.17. The Morgan fingerprint density at radius 2 is 2.00 bits per heavy atom. The fourth-order valence-electron chi connectivity index (χ4n) is 4.49. The molecular weight excluding hydrogens is 396 g/mol. The number of fused-ring (bicyclic) bond motifs is 1. The number of aryl methyl sites for hydroxylation is 1. The van der Waals surface area contributed by atoms with Crippen LogP contribution in [0.4, 0.5) is 0 Å². The average Bonchev–Trinajstić information content (AvgIpc) is 3.34. The van der Waals surface area contributed by atoms with Crippen LogP contribution in [-0.2, 0) is 22.6 Å². The van der Waals surface area contributed by atoms with Gasteiger partial charge in [0.1, 0.15) is 12.1 Å². The highest BCUT2D eigenvalue weighted by Gasteiger charge is 2.38. The van der Waals surface area contributed by atoms with E-state index in [0.29, 0.717) is 6.42 Å². The first-order chi connectivity index (χ1) is 14.5. The maximum Gasteiger partial charge on any atom is 0.243 e. The Kier molecular flexibility index (Phi) is 5.90. The largest absolute Gasteiger partial charge is 0.345 e. The van der Waals surface area contributed by atoms with Crippen molar-refractivity contribution in [2.45, 2.75) is 64.6 Å². The molecule has 0 bridgehead atoms. The first-order valence-electron chi connectivity index (χ1n) is 10.6. The predicted octanol–water partition coefficient (Wildman–Crippen LogP) is 3.54. The van der Waals surface area contributed by atoms with Gasteiger partial charge in [-0.1, -0.05) is 38.5 Å². The Hall–Kier alpha value is -2.67. The number of hydrogen-bond donors (Lipinski definition) is 2. The fraction of sp³-hybridized carbons (Fsp3) is 0.435. The van der Waals surface area contributed by atoms with Gasteiger partial charge < -0.3 is 15.2 Å². The van der Waals surface area contributed by atoms with Gasteiger partial charge in [-0.2, -0.15) is 0 Å². The highest BCUT2D eigenvalue weighted by atomic mass is 32.1. The molecule has 2 N–H and O–H groups in total. The standard InChI is InChI=1S/C23H28N4O2S/c1-4-5-10-27-15(3)20(17-8-6-7-9-19(17)27)14(2)21-23(29)25-18(22(28)26-21)11-16-12-30-13-24-16/h6-9,12-14,18,21H,4-5,10-11H2,1-3H3,(H,25,29)(H,26,28)/t14-,18-,21-/m1/s1. The van der Waals surface area contributed by atoms with E-state index < -0.39 is 12.1 Å². The van der Waals surface area contributed by atoms with E-state index in [9.17, 15) is 9.59 Å². The second-order valence-electron chi connectivity index (χ2n) is 8.04. The Bertz CT molecular complexity index is 1060. The van der Waals surface area contributed by atoms with Crippen LogP contribution in [0, 0.1) is 6.92 Å². The number of hydrogen-bond acceptors (Lipinski definition) is 4. The Labute approximate surface area is 180 Å². The number of nitrogens with zero attached hydrogens (tertiary/aromatic N) is 2. The fourth-order valence-corrected chi connectivity index (χ4v) is 5.06. The highest BCUT2D eigenvalue weighted by Crippen LogP contribution is 2.34. The summed E-state index contributed by atoms with van der Waals surface area (Å²) in [6.07, 6.45) is 2.64. The number of rotatable bonds is 7. The normalized spacial score (nSPS) is 20.2. The number of nitrogens with one attached hydrogen (secondary N) is 2. The molecule has 3 atom stereocenters. The topological polar surface area (TPSA) is 76.0 Å². The molecule has 1 fully saturated rings. The van der Waals surface area contributed by atoms with Crippen molar-refractivity contribution in [3.05, 3.63) is 52.1 Å². The SMILES string of the molecule is CCCCn1c(C)c([C@@H](C)[C@H]2NC(=O)[C@@H](Cc3cscn3)NC2=O)c2ccccc21. The molecule has 158 valence electrons. The van der Waals surface area contributed by atoms with Crippen LogP contribution in [0.1, 0.15) is 49.6 Å². The van der Waals surface area contributed by atoms with E-state index in [1.165, 1.54) is 22.5 Å². The molecule has 1 aliphatic rings. The van der Waals surface area contributed by atoms with Gasteiger partial charge in [-0.15, -0.1) is 11.3 Å². The summed E-state index contributed by atoms with van der Waals surface area (Å²) in [5, 5.41) is 8.97. The van der Waals surface area contributed by atoms with Crippen LogP contribution < -0.4 is 10.6 Å². The second kappa shape index (κ2) is 8.60. The Balaban J connectivity index is 1.61. The maximum absolute atomic E-state index is 13.0. The number of carbonyl (C=O) groups is 2. The van der Waals surface area contributed by atoms with Gasteiger partial charge in [0.25, 0.3) is 0 Å². The van der Waals surface area contributed by atoms with Crippen molar-refractivity contribution in [3.8, 4) is 0 Å². The van der Waals surface area contributed by atoms with E-state index in [-0.39, 0.29) is 17.7 Å². The predicted molar refractivity (Wildman–Crippen MR) is 120 cm³/mol. The molecule has 0 unspecified atom stereocenters. The lowest BCUT2D eigenvalue weighted by Gasteiger charge is -2.33. The van der Waals surface area contributed by atoms with Gasteiger partial charge in [-0.3, -0.25) is 9.59 Å². The van der Waals surface area contributed by atoms with E-state index in [1.54, 1.807) is 5.51 Å². The summed E-state index contributed by atoms with van der Waals surface area (Å²) in [7, 11) is 0. The Morgan fingerprint density at radius 1 is 1.20 bits per heavy atom. The molecule has 1 aromatic carbocycles. The van der Waals surface area contributed by atoms with Gasteiger partial charge in [-0.25, -0.2) is 4.98 Å². The van der Waals surface area contributed by atoms with Crippen molar-refractivity contribution in [1.29, 1.82) is 0 Å². The zero-order chi connectivity index (χ0) is 21.3. The van der Waals surface area contributed by atoms with Crippen molar-refractivity contribution in [2.24, 2.45) is 0 Å². The van der Waals surface area contributed by atoms with Crippen molar-refractivity contribution in [3.63, 3.8) is 0 Å². The molecule has 6 nitrogen and oxygen atoms in total. The molecule has 0 aliphatic carbocycles. The number of thiazole rings is 1. The quantitative estimate of drug-likeness (QED) is 0.609. The summed E-state index contributed by atoms with van der Waals surface area (Å²) >= 11 is 1.49. The van der Waals surface area contributed by atoms with Crippen molar-refractivity contribution >= 4 is 34.1 Å². The van der Waals surface area contributed by atoms with Gasteiger partial charge in [0, 0.05) is 40.9 Å². The van der Waals surface area contributed by atoms with E-state index in [1.807, 2.05) is 18.4 Å². The van der Waals surface area contributed by atoms with Crippen molar-refractivity contribution < 1.29 is 9.59 Å². The molecule has 1 aliphatic heterocycles. The lowest BCUT2D eigenvalue weighted by atomic mass is 9.88. The monoisotopic (exact) mass is 424 g/mol. The van der Waals surface area contributed by atoms with Crippen LogP contribution in [-0.4, -0.2) is 33.4 Å². The van der Waals surface area contributed by atoms with Crippen LogP contribution >= 0.6 is 11.3 Å². The molecule has 2 amide bonds. The number of unbranched alkanes of at least 4 members (excludes halogenated alkanes) is 1. The van der Waals surface area contributed by atoms with E-state index in [0.717, 1.165) is 36.0 Å². The zero-order valence-electron chi connectivity index (χ0n) is 17.6. The molecular formula is C23H28N4O2S. The molecule has 2 aromatic heterocycles. The summed E-state index contributed by atoms with van der Waals surface area (Å²) in [5.41, 5.74) is 6.06. The zero-order valence-corrected chi connectivity index (χ0v) is 18.5. The molecule has 3 aromatic rings. The molecule has 7 heteroatoms. The van der Waals surface area contributed by atoms with E-state index >= 15 is 0 Å². The third-order valence-corrected chi connectivity index (χ3v) is 6.72. The highest BCUT2D eigenvalue weighted by molar-refractivity contribution is 7.07. The lowest BCUT2D eigenvalue weighted by Crippen LogP contribution is -2.63. The molecule has 1 saturated heterocycles. The van der Waals surface area contributed by atoms with Crippen LogP contribution in [0.25, 0.3) is 10.9 Å². The third-order valence-electron chi connectivity index (χ3n) is 6.08. The first-order valence-corrected chi connectivity index (χ1v) is 11.5. The lowest BCUT2D eigenvalue weighted by molar-refractivity contribution is -0.137. The van der Waals surface area contributed by atoms with Gasteiger partial charge in [0.2, 0.25) is 11.8 Å². The number of aromatic nitrogens is 2. The number of para-hydroxylation sites is 1. The number of piperazine rings is 1. The summed E-state index contributed by atoms with van der Waals surface area (Å²) in [4.78, 5) is 30.0. The van der Waals surface area contributed by atoms with E-state index in [4.69, 9.17) is 0 Å². The molecule has 4 rings (SSSR count). The number of amides is 2. The summed E-state index contributed by atoms with van der Waals surface area (Å²) in [5.74, 6) is -0.416. The molecule has 3 heterocycles. The maximum atomic E-state index is 13.0. The second-order valence-corrected chi connectivity index (χ2v) is 8.76. The molecule has 0 radical (unpaired) electrons. The van der Waals surface area contributed by atoms with Crippen molar-refractivity contribution in [1.82, 2.24) is 20.2 Å². The minimum Gasteiger partial charge on any atom is -0.345 e. The van der Waals surface area contributed by atoms with Crippen molar-refractivity contribution in [2.75, 3.05) is 0 Å². The third kappa shape index (κ3) is 3.74. The van der Waals surface area contributed by atoms with Crippen LogP contribution in [0.3, 0.4) is 0 Å². The van der Waals surface area contributed by atoms with Gasteiger partial charge in [-0.05, 0) is 25.0 Å². The molecule has 30 heavy (non-hydrogen) atoms. The molecule has 0 saturated carbocycles. The number of carbonyl (C=O) groups excluding carboxylic acids is 2. The minimum absolute atomic E-state index is 0.132. The van der Waals surface area contributed by atoms with Crippen LogP contribution in [0.15, 0.2) is 35.2 Å². The first kappa shape index (κ1) is 20.6. The summed E-state index contributed by atoms with van der Waals surface area (Å²) in [6.45, 7) is 7.29. The van der Waals surface area contributed by atoms with Gasteiger partial charge >= 0.3 is 0 Å². The molecule has 0 spiro atoms. The van der Waals surface area contributed by atoms with Crippen LogP contribution in [0.5, 0.6) is 0 Å².